The summed E-state index contributed by atoms with van der Waals surface area (Å²) in [6, 6.07) is 1.81. The van der Waals surface area contributed by atoms with Crippen molar-refractivity contribution in [2.75, 3.05) is 13.1 Å². The van der Waals surface area contributed by atoms with E-state index in [2.05, 4.69) is 0 Å². The first-order valence-electron chi connectivity index (χ1n) is 4.34. The zero-order chi connectivity index (χ0) is 9.26. The van der Waals surface area contributed by atoms with Crippen molar-refractivity contribution in [3.8, 4) is 0 Å². The quantitative estimate of drug-likeness (QED) is 0.682. The minimum atomic E-state index is 0.0155. The summed E-state index contributed by atoms with van der Waals surface area (Å²) in [5.41, 5.74) is 6.30. The Morgan fingerprint density at radius 2 is 2.54 bits per heavy atom. The average molecular weight is 180 g/mol. The van der Waals surface area contributed by atoms with Crippen molar-refractivity contribution >= 4 is 5.91 Å². The highest BCUT2D eigenvalue weighted by Gasteiger charge is 2.24. The van der Waals surface area contributed by atoms with E-state index in [9.17, 15) is 4.79 Å². The van der Waals surface area contributed by atoms with E-state index in [1.165, 1.54) is 12.5 Å². The normalized spacial score (nSPS) is 22.2. The van der Waals surface area contributed by atoms with Gasteiger partial charge < -0.3 is 15.1 Å². The predicted octanol–water partition coefficient (Wildman–Crippen LogP) is 0.453. The molecule has 1 atom stereocenters. The van der Waals surface area contributed by atoms with Gasteiger partial charge in [-0.2, -0.15) is 0 Å². The van der Waals surface area contributed by atoms with Gasteiger partial charge in [0.2, 0.25) is 0 Å². The molecule has 1 saturated heterocycles. The van der Waals surface area contributed by atoms with E-state index in [1.54, 1.807) is 11.0 Å². The van der Waals surface area contributed by atoms with E-state index in [-0.39, 0.29) is 11.9 Å². The maximum Gasteiger partial charge on any atom is 0.257 e. The molecule has 13 heavy (non-hydrogen) atoms. The second kappa shape index (κ2) is 3.22. The molecule has 70 valence electrons. The summed E-state index contributed by atoms with van der Waals surface area (Å²) in [5, 5.41) is 0. The summed E-state index contributed by atoms with van der Waals surface area (Å²) < 4.78 is 4.84. The van der Waals surface area contributed by atoms with Crippen LogP contribution in [0.2, 0.25) is 0 Å². The summed E-state index contributed by atoms with van der Waals surface area (Å²) in [7, 11) is 0. The largest absolute Gasteiger partial charge is 0.472 e. The lowest BCUT2D eigenvalue weighted by molar-refractivity contribution is 0.0790. The molecular weight excluding hydrogens is 168 g/mol. The van der Waals surface area contributed by atoms with Gasteiger partial charge >= 0.3 is 0 Å². The summed E-state index contributed by atoms with van der Waals surface area (Å²) >= 11 is 0. The number of rotatable bonds is 1. The highest BCUT2D eigenvalue weighted by atomic mass is 16.3. The molecule has 0 aromatic carbocycles. The Bertz CT molecular complexity index is 295. The van der Waals surface area contributed by atoms with Crippen molar-refractivity contribution in [3.63, 3.8) is 0 Å². The van der Waals surface area contributed by atoms with Gasteiger partial charge in [-0.1, -0.05) is 0 Å². The SMILES string of the molecule is N[C@@H]1CCN(C(=O)c2ccoc2)C1. The summed E-state index contributed by atoms with van der Waals surface area (Å²) in [6.07, 6.45) is 3.86. The molecule has 1 aliphatic rings. The fourth-order valence-corrected chi connectivity index (χ4v) is 1.54. The summed E-state index contributed by atoms with van der Waals surface area (Å²) in [6.45, 7) is 1.41. The number of carbonyl (C=O) groups excluding carboxylic acids is 1. The maximum absolute atomic E-state index is 11.7. The van der Waals surface area contributed by atoms with Crippen LogP contribution in [0.3, 0.4) is 0 Å². The Morgan fingerprint density at radius 1 is 1.69 bits per heavy atom. The predicted molar refractivity (Wildman–Crippen MR) is 47.2 cm³/mol. The van der Waals surface area contributed by atoms with Gasteiger partial charge in [-0.05, 0) is 12.5 Å². The van der Waals surface area contributed by atoms with Crippen molar-refractivity contribution in [2.24, 2.45) is 5.73 Å². The van der Waals surface area contributed by atoms with E-state index >= 15 is 0 Å². The molecule has 2 heterocycles. The molecule has 0 bridgehead atoms. The molecule has 1 aromatic heterocycles. The lowest BCUT2D eigenvalue weighted by Gasteiger charge is -2.13. The number of amides is 1. The maximum atomic E-state index is 11.7. The number of furan rings is 1. The van der Waals surface area contributed by atoms with Crippen molar-refractivity contribution < 1.29 is 9.21 Å². The molecule has 0 unspecified atom stereocenters. The Kier molecular flexibility index (Phi) is 2.06. The number of carbonyl (C=O) groups is 1. The Balaban J connectivity index is 2.06. The first-order valence-corrected chi connectivity index (χ1v) is 4.34. The van der Waals surface area contributed by atoms with Crippen molar-refractivity contribution in [2.45, 2.75) is 12.5 Å². The first-order chi connectivity index (χ1) is 6.27. The minimum absolute atomic E-state index is 0.0155. The number of hydrogen-bond donors (Lipinski definition) is 1. The van der Waals surface area contributed by atoms with Crippen LogP contribution in [-0.4, -0.2) is 29.9 Å². The number of likely N-dealkylation sites (tertiary alicyclic amines) is 1. The van der Waals surface area contributed by atoms with Gasteiger partial charge in [0.15, 0.2) is 0 Å². The van der Waals surface area contributed by atoms with Crippen LogP contribution in [0.25, 0.3) is 0 Å². The number of hydrogen-bond acceptors (Lipinski definition) is 3. The molecule has 0 saturated carbocycles. The van der Waals surface area contributed by atoms with Crippen molar-refractivity contribution in [1.82, 2.24) is 4.90 Å². The van der Waals surface area contributed by atoms with Crippen LogP contribution in [0.15, 0.2) is 23.0 Å². The van der Waals surface area contributed by atoms with Gasteiger partial charge in [-0.3, -0.25) is 4.79 Å². The zero-order valence-electron chi connectivity index (χ0n) is 7.27. The Labute approximate surface area is 76.3 Å². The second-order valence-electron chi connectivity index (χ2n) is 3.31. The molecule has 0 radical (unpaired) electrons. The average Bonchev–Trinajstić information content (AvgIpc) is 2.72. The molecule has 1 aliphatic heterocycles. The van der Waals surface area contributed by atoms with Crippen molar-refractivity contribution in [3.05, 3.63) is 24.2 Å². The third-order valence-electron chi connectivity index (χ3n) is 2.28. The lowest BCUT2D eigenvalue weighted by atomic mass is 10.3. The number of nitrogens with two attached hydrogens (primary N) is 1. The van der Waals surface area contributed by atoms with Crippen molar-refractivity contribution in [1.29, 1.82) is 0 Å². The van der Waals surface area contributed by atoms with Crippen LogP contribution in [0.1, 0.15) is 16.8 Å². The molecule has 2 rings (SSSR count). The molecule has 1 aromatic rings. The molecule has 0 spiro atoms. The van der Waals surface area contributed by atoms with Crippen LogP contribution >= 0.6 is 0 Å². The minimum Gasteiger partial charge on any atom is -0.472 e. The Hall–Kier alpha value is -1.29. The smallest absolute Gasteiger partial charge is 0.257 e. The molecule has 1 fully saturated rings. The molecular formula is C9H12N2O2. The first kappa shape index (κ1) is 8.31. The third kappa shape index (κ3) is 1.58. The van der Waals surface area contributed by atoms with Gasteiger partial charge in [0.25, 0.3) is 5.91 Å². The van der Waals surface area contributed by atoms with Crippen LogP contribution < -0.4 is 5.73 Å². The second-order valence-corrected chi connectivity index (χ2v) is 3.31. The topological polar surface area (TPSA) is 59.5 Å². The standard InChI is InChI=1S/C9H12N2O2/c10-8-1-3-11(5-8)9(12)7-2-4-13-6-7/h2,4,6,8H,1,3,5,10H2/t8-/m1/s1. The zero-order valence-corrected chi connectivity index (χ0v) is 7.27. The fraction of sp³-hybridized carbons (Fsp3) is 0.444. The molecule has 4 heteroatoms. The number of nitrogens with zero attached hydrogens (tertiary/aromatic N) is 1. The van der Waals surface area contributed by atoms with Crippen LogP contribution in [0.4, 0.5) is 0 Å². The van der Waals surface area contributed by atoms with E-state index in [0.717, 1.165) is 13.0 Å². The van der Waals surface area contributed by atoms with Gasteiger partial charge in [-0.25, -0.2) is 0 Å². The van der Waals surface area contributed by atoms with Gasteiger partial charge in [-0.15, -0.1) is 0 Å². The lowest BCUT2D eigenvalue weighted by Crippen LogP contribution is -2.31. The van der Waals surface area contributed by atoms with Gasteiger partial charge in [0, 0.05) is 19.1 Å². The monoisotopic (exact) mass is 180 g/mol. The van der Waals surface area contributed by atoms with Gasteiger partial charge in [0.05, 0.1) is 11.8 Å². The third-order valence-corrected chi connectivity index (χ3v) is 2.28. The molecule has 4 nitrogen and oxygen atoms in total. The highest BCUT2D eigenvalue weighted by Crippen LogP contribution is 2.12. The van der Waals surface area contributed by atoms with E-state index in [4.69, 9.17) is 10.2 Å². The summed E-state index contributed by atoms with van der Waals surface area (Å²) in [4.78, 5) is 13.4. The molecule has 0 aliphatic carbocycles. The summed E-state index contributed by atoms with van der Waals surface area (Å²) in [5.74, 6) is 0.0155. The van der Waals surface area contributed by atoms with Crippen LogP contribution in [-0.2, 0) is 0 Å². The fourth-order valence-electron chi connectivity index (χ4n) is 1.54. The van der Waals surface area contributed by atoms with Gasteiger partial charge in [0.1, 0.15) is 6.26 Å². The van der Waals surface area contributed by atoms with Crippen LogP contribution in [0.5, 0.6) is 0 Å². The van der Waals surface area contributed by atoms with Crippen LogP contribution in [0, 0.1) is 0 Å². The Morgan fingerprint density at radius 3 is 3.08 bits per heavy atom. The van der Waals surface area contributed by atoms with E-state index in [0.29, 0.717) is 12.1 Å². The highest BCUT2D eigenvalue weighted by molar-refractivity contribution is 5.94. The molecule has 2 N–H and O–H groups in total. The van der Waals surface area contributed by atoms with E-state index < -0.39 is 0 Å². The molecule has 1 amide bonds. The van der Waals surface area contributed by atoms with E-state index in [1.807, 2.05) is 0 Å².